The third-order valence-electron chi connectivity index (χ3n) is 1.99. The van der Waals surface area contributed by atoms with Gasteiger partial charge in [0.25, 0.3) is 0 Å². The van der Waals surface area contributed by atoms with E-state index in [0.717, 1.165) is 10.0 Å². The summed E-state index contributed by atoms with van der Waals surface area (Å²) in [7, 11) is 1.60. The topological polar surface area (TPSA) is 35.5 Å². The second-order valence-electron chi connectivity index (χ2n) is 4.74. The van der Waals surface area contributed by atoms with E-state index in [9.17, 15) is 4.79 Å². The summed E-state index contributed by atoms with van der Waals surface area (Å²) in [5.74, 6) is -0.322. The average Bonchev–Trinajstić information content (AvgIpc) is 2.15. The van der Waals surface area contributed by atoms with Crippen LogP contribution in [-0.4, -0.2) is 18.7 Å². The van der Waals surface area contributed by atoms with Gasteiger partial charge in [-0.1, -0.05) is 15.9 Å². The molecule has 17 heavy (non-hydrogen) atoms. The molecule has 0 atom stereocenters. The highest BCUT2D eigenvalue weighted by molar-refractivity contribution is 9.10. The first-order valence-electron chi connectivity index (χ1n) is 5.34. The van der Waals surface area contributed by atoms with E-state index in [1.807, 2.05) is 32.9 Å². The molecule has 1 aromatic carbocycles. The van der Waals surface area contributed by atoms with Crippen molar-refractivity contribution >= 4 is 21.9 Å². The molecular weight excluding hydrogens is 284 g/mol. The van der Waals surface area contributed by atoms with E-state index < -0.39 is 5.60 Å². The van der Waals surface area contributed by atoms with E-state index in [0.29, 0.717) is 12.2 Å². The Morgan fingerprint density at radius 3 is 2.53 bits per heavy atom. The number of methoxy groups -OCH3 is 1. The van der Waals surface area contributed by atoms with E-state index >= 15 is 0 Å². The Bertz CT molecular complexity index is 408. The van der Waals surface area contributed by atoms with Crippen molar-refractivity contribution in [3.05, 3.63) is 33.8 Å². The van der Waals surface area contributed by atoms with Crippen LogP contribution in [0, 0.1) is 0 Å². The van der Waals surface area contributed by atoms with Crippen LogP contribution in [0.25, 0.3) is 0 Å². The summed E-state index contributed by atoms with van der Waals surface area (Å²) in [6, 6.07) is 5.42. The third-order valence-corrected chi connectivity index (χ3v) is 2.48. The molecule has 0 bridgehead atoms. The van der Waals surface area contributed by atoms with Crippen molar-refractivity contribution in [2.24, 2.45) is 0 Å². The number of ether oxygens (including phenoxy) is 2. The molecule has 0 aliphatic heterocycles. The van der Waals surface area contributed by atoms with Crippen molar-refractivity contribution in [3.63, 3.8) is 0 Å². The van der Waals surface area contributed by atoms with E-state index in [1.165, 1.54) is 0 Å². The molecule has 0 fully saturated rings. The van der Waals surface area contributed by atoms with Gasteiger partial charge in [-0.15, -0.1) is 0 Å². The maximum Gasteiger partial charge on any atom is 0.339 e. The number of hydrogen-bond donors (Lipinski definition) is 0. The van der Waals surface area contributed by atoms with Gasteiger partial charge in [-0.25, -0.2) is 4.79 Å². The van der Waals surface area contributed by atoms with Crippen molar-refractivity contribution in [2.45, 2.75) is 33.0 Å². The van der Waals surface area contributed by atoms with E-state index in [4.69, 9.17) is 9.47 Å². The molecule has 0 N–H and O–H groups in total. The molecule has 0 aromatic heterocycles. The molecule has 94 valence electrons. The molecule has 0 spiro atoms. The van der Waals surface area contributed by atoms with Crippen molar-refractivity contribution in [1.82, 2.24) is 0 Å². The van der Waals surface area contributed by atoms with E-state index in [1.54, 1.807) is 13.2 Å². The van der Waals surface area contributed by atoms with Crippen LogP contribution in [0.4, 0.5) is 0 Å². The molecule has 0 aliphatic rings. The van der Waals surface area contributed by atoms with Crippen LogP contribution < -0.4 is 0 Å². The Hall–Kier alpha value is -0.870. The first kappa shape index (κ1) is 14.2. The lowest BCUT2D eigenvalue weighted by Crippen LogP contribution is -2.24. The molecule has 0 aliphatic carbocycles. The lowest BCUT2D eigenvalue weighted by atomic mass is 10.1. The van der Waals surface area contributed by atoms with Gasteiger partial charge in [-0.2, -0.15) is 0 Å². The first-order valence-corrected chi connectivity index (χ1v) is 6.13. The van der Waals surface area contributed by atoms with Crippen molar-refractivity contribution in [2.75, 3.05) is 7.11 Å². The number of benzene rings is 1. The summed E-state index contributed by atoms with van der Waals surface area (Å²) < 4.78 is 11.3. The molecule has 0 amide bonds. The van der Waals surface area contributed by atoms with Crippen LogP contribution in [0.15, 0.2) is 22.7 Å². The second-order valence-corrected chi connectivity index (χ2v) is 5.65. The number of esters is 1. The Morgan fingerprint density at radius 2 is 2.00 bits per heavy atom. The fourth-order valence-corrected chi connectivity index (χ4v) is 1.78. The van der Waals surface area contributed by atoms with Gasteiger partial charge in [-0.05, 0) is 44.5 Å². The zero-order chi connectivity index (χ0) is 13.1. The Labute approximate surface area is 110 Å². The van der Waals surface area contributed by atoms with Crippen molar-refractivity contribution in [1.29, 1.82) is 0 Å². The molecule has 0 saturated carbocycles. The predicted molar refractivity (Wildman–Crippen MR) is 70.0 cm³/mol. The molecular formula is C13H17BrO3. The molecule has 0 unspecified atom stereocenters. The molecule has 0 radical (unpaired) electrons. The zero-order valence-electron chi connectivity index (χ0n) is 10.5. The van der Waals surface area contributed by atoms with Crippen LogP contribution in [0.3, 0.4) is 0 Å². The molecule has 1 aromatic rings. The lowest BCUT2D eigenvalue weighted by Gasteiger charge is -2.20. The number of hydrogen-bond acceptors (Lipinski definition) is 3. The summed E-state index contributed by atoms with van der Waals surface area (Å²) in [5.41, 5.74) is 0.871. The lowest BCUT2D eigenvalue weighted by molar-refractivity contribution is 0.00659. The van der Waals surface area contributed by atoms with Gasteiger partial charge in [-0.3, -0.25) is 0 Å². The number of rotatable bonds is 3. The van der Waals surface area contributed by atoms with E-state index in [2.05, 4.69) is 15.9 Å². The first-order chi connectivity index (χ1) is 7.83. The Morgan fingerprint density at radius 1 is 1.35 bits per heavy atom. The highest BCUT2D eigenvalue weighted by Gasteiger charge is 2.20. The fourth-order valence-electron chi connectivity index (χ4n) is 1.37. The maximum atomic E-state index is 12.0. The smallest absolute Gasteiger partial charge is 0.339 e. The normalized spacial score (nSPS) is 11.4. The fraction of sp³-hybridized carbons (Fsp3) is 0.462. The molecule has 0 saturated heterocycles. The minimum atomic E-state index is -0.492. The Kier molecular flexibility index (Phi) is 4.71. The summed E-state index contributed by atoms with van der Waals surface area (Å²) in [6.07, 6.45) is 0. The van der Waals surface area contributed by atoms with Crippen molar-refractivity contribution in [3.8, 4) is 0 Å². The van der Waals surface area contributed by atoms with Gasteiger partial charge in [0.1, 0.15) is 5.60 Å². The van der Waals surface area contributed by atoms with Crippen LogP contribution in [0.1, 0.15) is 36.7 Å². The van der Waals surface area contributed by atoms with Gasteiger partial charge in [0.15, 0.2) is 0 Å². The van der Waals surface area contributed by atoms with Crippen LogP contribution in [0.2, 0.25) is 0 Å². The standard InChI is InChI=1S/C13H17BrO3/c1-13(2,3)17-12(15)11-6-5-10(14)7-9(11)8-16-4/h5-7H,8H2,1-4H3. The largest absolute Gasteiger partial charge is 0.456 e. The number of carbonyl (C=O) groups is 1. The van der Waals surface area contributed by atoms with Gasteiger partial charge >= 0.3 is 5.97 Å². The molecule has 4 heteroatoms. The van der Waals surface area contributed by atoms with Crippen LogP contribution in [-0.2, 0) is 16.1 Å². The van der Waals surface area contributed by atoms with E-state index in [-0.39, 0.29) is 5.97 Å². The molecule has 3 nitrogen and oxygen atoms in total. The quantitative estimate of drug-likeness (QED) is 0.801. The highest BCUT2D eigenvalue weighted by atomic mass is 79.9. The van der Waals surface area contributed by atoms with Gasteiger partial charge < -0.3 is 9.47 Å². The van der Waals surface area contributed by atoms with Gasteiger partial charge in [0.05, 0.1) is 12.2 Å². The van der Waals surface area contributed by atoms with Crippen LogP contribution in [0.5, 0.6) is 0 Å². The number of carbonyl (C=O) groups excluding carboxylic acids is 1. The zero-order valence-corrected chi connectivity index (χ0v) is 12.1. The summed E-state index contributed by atoms with van der Waals surface area (Å²) in [6.45, 7) is 5.92. The summed E-state index contributed by atoms with van der Waals surface area (Å²) >= 11 is 3.37. The van der Waals surface area contributed by atoms with Crippen molar-refractivity contribution < 1.29 is 14.3 Å². The summed E-state index contributed by atoms with van der Waals surface area (Å²) in [5, 5.41) is 0. The minimum absolute atomic E-state index is 0.322. The number of halogens is 1. The highest BCUT2D eigenvalue weighted by Crippen LogP contribution is 2.20. The van der Waals surface area contributed by atoms with Gasteiger partial charge in [0.2, 0.25) is 0 Å². The molecule has 1 rings (SSSR count). The third kappa shape index (κ3) is 4.48. The minimum Gasteiger partial charge on any atom is -0.456 e. The predicted octanol–water partition coefficient (Wildman–Crippen LogP) is 3.55. The monoisotopic (exact) mass is 300 g/mol. The second kappa shape index (κ2) is 5.65. The van der Waals surface area contributed by atoms with Crippen LogP contribution >= 0.6 is 15.9 Å². The maximum absolute atomic E-state index is 12.0. The van der Waals surface area contributed by atoms with Gasteiger partial charge in [0, 0.05) is 11.6 Å². The molecule has 0 heterocycles. The Balaban J connectivity index is 3.00. The summed E-state index contributed by atoms with van der Waals surface area (Å²) in [4.78, 5) is 12.0. The average molecular weight is 301 g/mol. The SMILES string of the molecule is COCc1cc(Br)ccc1C(=O)OC(C)(C)C.